The first kappa shape index (κ1) is 11.1. The van der Waals surface area contributed by atoms with Crippen LogP contribution in [-0.2, 0) is 4.79 Å². The Kier molecular flexibility index (Phi) is 4.47. The normalized spacial score (nSPS) is 9.86. The molecule has 0 spiro atoms. The summed E-state index contributed by atoms with van der Waals surface area (Å²) in [6.07, 6.45) is 1.03. The summed E-state index contributed by atoms with van der Waals surface area (Å²) in [4.78, 5) is 10.4. The lowest BCUT2D eigenvalue weighted by Gasteiger charge is -2.04. The van der Waals surface area contributed by atoms with Gasteiger partial charge >= 0.3 is 0 Å². The Balaban J connectivity index is 2.25. The zero-order valence-electron chi connectivity index (χ0n) is 8.13. The van der Waals surface area contributed by atoms with E-state index in [1.807, 2.05) is 31.2 Å². The second kappa shape index (κ2) is 5.66. The average Bonchev–Trinajstić information content (AvgIpc) is 2.15. The van der Waals surface area contributed by atoms with Crippen molar-refractivity contribution in [2.45, 2.75) is 19.8 Å². The molecule has 1 aromatic rings. The first-order valence-corrected chi connectivity index (χ1v) is 4.94. The van der Waals surface area contributed by atoms with Crippen LogP contribution in [0.15, 0.2) is 24.3 Å². The number of aryl methyl sites for hydroxylation is 1. The van der Waals surface area contributed by atoms with E-state index in [1.54, 1.807) is 0 Å². The van der Waals surface area contributed by atoms with Crippen LogP contribution in [0.2, 0.25) is 0 Å². The smallest absolute Gasteiger partial charge is 0.221 e. The third kappa shape index (κ3) is 4.28. The summed E-state index contributed by atoms with van der Waals surface area (Å²) < 4.78 is 5.40. The molecule has 0 amide bonds. The van der Waals surface area contributed by atoms with Crippen LogP contribution >= 0.6 is 11.6 Å². The van der Waals surface area contributed by atoms with Crippen LogP contribution in [0, 0.1) is 6.92 Å². The molecule has 0 atom stereocenters. The SMILES string of the molecule is Cc1ccc(OCCCC(=O)Cl)cc1. The van der Waals surface area contributed by atoms with E-state index in [4.69, 9.17) is 16.3 Å². The number of halogens is 1. The maximum Gasteiger partial charge on any atom is 0.221 e. The summed E-state index contributed by atoms with van der Waals surface area (Å²) in [6.45, 7) is 2.55. The molecule has 0 aliphatic carbocycles. The number of carbonyl (C=O) groups excluding carboxylic acids is 1. The van der Waals surface area contributed by atoms with Crippen molar-refractivity contribution in [3.05, 3.63) is 29.8 Å². The summed E-state index contributed by atoms with van der Waals surface area (Å²) >= 11 is 5.19. The van der Waals surface area contributed by atoms with Gasteiger partial charge in [-0.3, -0.25) is 4.79 Å². The third-order valence-corrected chi connectivity index (χ3v) is 2.00. The molecule has 0 bridgehead atoms. The lowest BCUT2D eigenvalue weighted by molar-refractivity contribution is -0.111. The molecule has 0 aliphatic rings. The lowest BCUT2D eigenvalue weighted by Crippen LogP contribution is -1.99. The fourth-order valence-corrected chi connectivity index (χ4v) is 1.17. The molecule has 0 fully saturated rings. The highest BCUT2D eigenvalue weighted by molar-refractivity contribution is 6.63. The molecule has 2 nitrogen and oxygen atoms in total. The molecule has 0 heterocycles. The summed E-state index contributed by atoms with van der Waals surface area (Å²) in [5.41, 5.74) is 1.20. The molecule has 0 N–H and O–H groups in total. The average molecular weight is 213 g/mol. The van der Waals surface area contributed by atoms with Crippen LogP contribution < -0.4 is 4.74 Å². The van der Waals surface area contributed by atoms with Gasteiger partial charge in [0.2, 0.25) is 5.24 Å². The van der Waals surface area contributed by atoms with Crippen molar-refractivity contribution >= 4 is 16.8 Å². The van der Waals surface area contributed by atoms with Crippen LogP contribution in [0.5, 0.6) is 5.75 Å². The molecular formula is C11H13ClO2. The van der Waals surface area contributed by atoms with Crippen molar-refractivity contribution in [2.75, 3.05) is 6.61 Å². The van der Waals surface area contributed by atoms with Crippen molar-refractivity contribution < 1.29 is 9.53 Å². The molecule has 1 rings (SSSR count). The van der Waals surface area contributed by atoms with E-state index in [0.717, 1.165) is 5.75 Å². The molecular weight excluding hydrogens is 200 g/mol. The standard InChI is InChI=1S/C11H13ClO2/c1-9-4-6-10(7-5-9)14-8-2-3-11(12)13/h4-7H,2-3,8H2,1H3. The van der Waals surface area contributed by atoms with Gasteiger partial charge < -0.3 is 4.74 Å². The Bertz CT molecular complexity index is 293. The van der Waals surface area contributed by atoms with Gasteiger partial charge in [0, 0.05) is 6.42 Å². The Hall–Kier alpha value is -1.02. The molecule has 0 saturated heterocycles. The highest BCUT2D eigenvalue weighted by Crippen LogP contribution is 2.11. The predicted molar refractivity (Wildman–Crippen MR) is 56.8 cm³/mol. The number of hydrogen-bond donors (Lipinski definition) is 0. The van der Waals surface area contributed by atoms with Crippen LogP contribution in [0.25, 0.3) is 0 Å². The molecule has 0 aromatic heterocycles. The van der Waals surface area contributed by atoms with Gasteiger partial charge in [-0.1, -0.05) is 17.7 Å². The number of rotatable bonds is 5. The van der Waals surface area contributed by atoms with E-state index >= 15 is 0 Å². The number of hydrogen-bond acceptors (Lipinski definition) is 2. The fourth-order valence-electron chi connectivity index (χ4n) is 1.04. The van der Waals surface area contributed by atoms with Crippen molar-refractivity contribution in [3.63, 3.8) is 0 Å². The molecule has 0 saturated carbocycles. The highest BCUT2D eigenvalue weighted by Gasteiger charge is 1.96. The molecule has 76 valence electrons. The predicted octanol–water partition coefficient (Wildman–Crippen LogP) is 2.92. The fraction of sp³-hybridized carbons (Fsp3) is 0.364. The van der Waals surface area contributed by atoms with Crippen LogP contribution in [-0.4, -0.2) is 11.8 Å². The molecule has 0 aliphatic heterocycles. The third-order valence-electron chi connectivity index (χ3n) is 1.81. The second-order valence-corrected chi connectivity index (χ2v) is 3.54. The number of carbonyl (C=O) groups is 1. The topological polar surface area (TPSA) is 26.3 Å². The van der Waals surface area contributed by atoms with Crippen molar-refractivity contribution in [2.24, 2.45) is 0 Å². The quantitative estimate of drug-likeness (QED) is 0.554. The Morgan fingerprint density at radius 3 is 2.57 bits per heavy atom. The van der Waals surface area contributed by atoms with Crippen LogP contribution in [0.1, 0.15) is 18.4 Å². The lowest BCUT2D eigenvalue weighted by atomic mass is 10.2. The van der Waals surface area contributed by atoms with Gasteiger partial charge in [0.15, 0.2) is 0 Å². The van der Waals surface area contributed by atoms with Crippen molar-refractivity contribution in [1.82, 2.24) is 0 Å². The van der Waals surface area contributed by atoms with E-state index < -0.39 is 0 Å². The van der Waals surface area contributed by atoms with E-state index in [0.29, 0.717) is 19.4 Å². The van der Waals surface area contributed by atoms with Crippen molar-refractivity contribution in [1.29, 1.82) is 0 Å². The summed E-state index contributed by atoms with van der Waals surface area (Å²) in [5.74, 6) is 0.831. The monoisotopic (exact) mass is 212 g/mol. The van der Waals surface area contributed by atoms with Gasteiger partial charge in [-0.25, -0.2) is 0 Å². The van der Waals surface area contributed by atoms with Gasteiger partial charge in [-0.05, 0) is 37.1 Å². The molecule has 14 heavy (non-hydrogen) atoms. The van der Waals surface area contributed by atoms with Gasteiger partial charge in [0.1, 0.15) is 5.75 Å². The number of ether oxygens (including phenoxy) is 1. The maximum atomic E-state index is 10.4. The molecule has 0 radical (unpaired) electrons. The second-order valence-electron chi connectivity index (χ2n) is 3.12. The first-order valence-electron chi connectivity index (χ1n) is 4.56. The van der Waals surface area contributed by atoms with E-state index in [1.165, 1.54) is 5.56 Å². The summed E-state index contributed by atoms with van der Waals surface area (Å²) in [5, 5.41) is -0.308. The van der Waals surface area contributed by atoms with Gasteiger partial charge in [-0.2, -0.15) is 0 Å². The van der Waals surface area contributed by atoms with Crippen LogP contribution in [0.4, 0.5) is 0 Å². The Morgan fingerprint density at radius 2 is 2.00 bits per heavy atom. The minimum atomic E-state index is -0.308. The Labute approximate surface area is 88.8 Å². The summed E-state index contributed by atoms with van der Waals surface area (Å²) in [6, 6.07) is 7.81. The largest absolute Gasteiger partial charge is 0.494 e. The van der Waals surface area contributed by atoms with E-state index in [2.05, 4.69) is 0 Å². The van der Waals surface area contributed by atoms with E-state index in [-0.39, 0.29) is 5.24 Å². The van der Waals surface area contributed by atoms with Crippen LogP contribution in [0.3, 0.4) is 0 Å². The highest BCUT2D eigenvalue weighted by atomic mass is 35.5. The molecule has 1 aromatic carbocycles. The minimum absolute atomic E-state index is 0.308. The van der Waals surface area contributed by atoms with Crippen molar-refractivity contribution in [3.8, 4) is 5.75 Å². The minimum Gasteiger partial charge on any atom is -0.494 e. The van der Waals surface area contributed by atoms with Gasteiger partial charge in [0.05, 0.1) is 6.61 Å². The molecule has 0 unspecified atom stereocenters. The zero-order chi connectivity index (χ0) is 10.4. The maximum absolute atomic E-state index is 10.4. The summed E-state index contributed by atoms with van der Waals surface area (Å²) in [7, 11) is 0. The number of benzene rings is 1. The van der Waals surface area contributed by atoms with Gasteiger partial charge in [0.25, 0.3) is 0 Å². The van der Waals surface area contributed by atoms with E-state index in [9.17, 15) is 4.79 Å². The molecule has 3 heteroatoms. The van der Waals surface area contributed by atoms with Gasteiger partial charge in [-0.15, -0.1) is 0 Å². The first-order chi connectivity index (χ1) is 6.68. The Morgan fingerprint density at radius 1 is 1.36 bits per heavy atom. The zero-order valence-corrected chi connectivity index (χ0v) is 8.88.